The summed E-state index contributed by atoms with van der Waals surface area (Å²) < 4.78 is 2.91. The maximum Gasteiger partial charge on any atom is 0.260 e. The lowest BCUT2D eigenvalue weighted by atomic mass is 10.1. The van der Waals surface area contributed by atoms with E-state index in [9.17, 15) is 4.79 Å². The second-order valence-corrected chi connectivity index (χ2v) is 7.57. The van der Waals surface area contributed by atoms with Gasteiger partial charge in [-0.2, -0.15) is 5.10 Å². The number of hydrogen-bond acceptors (Lipinski definition) is 5. The van der Waals surface area contributed by atoms with E-state index in [1.807, 2.05) is 55.8 Å². The molecule has 4 rings (SSSR count). The molecule has 0 atom stereocenters. The molecule has 0 aliphatic heterocycles. The lowest BCUT2D eigenvalue weighted by Crippen LogP contribution is -2.26. The van der Waals surface area contributed by atoms with Gasteiger partial charge in [-0.15, -0.1) is 0 Å². The molecular formula is C19H19N5OS. The zero-order valence-corrected chi connectivity index (χ0v) is 15.9. The third kappa shape index (κ3) is 2.64. The molecule has 1 aromatic carbocycles. The number of rotatable bonds is 3. The van der Waals surface area contributed by atoms with Gasteiger partial charge in [0.05, 0.1) is 27.4 Å². The molecule has 0 saturated carbocycles. The minimum Gasteiger partial charge on any atom is -0.287 e. The number of hydrogen-bond donors (Lipinski definition) is 0. The molecule has 0 radical (unpaired) electrons. The van der Waals surface area contributed by atoms with Gasteiger partial charge in [0.1, 0.15) is 0 Å². The maximum atomic E-state index is 13.2. The lowest BCUT2D eigenvalue weighted by Gasteiger charge is -2.15. The van der Waals surface area contributed by atoms with Crippen LogP contribution in [0.25, 0.3) is 21.3 Å². The first-order valence-electron chi connectivity index (χ1n) is 8.44. The molecule has 4 aromatic rings. The molecule has 26 heavy (non-hydrogen) atoms. The highest BCUT2D eigenvalue weighted by atomic mass is 32.1. The number of aryl methyl sites for hydroxylation is 1. The number of nitrogens with zero attached hydrogens (tertiary/aromatic N) is 5. The minimum absolute atomic E-state index is 0.108. The van der Waals surface area contributed by atoms with Crippen LogP contribution < -0.4 is 4.90 Å². The molecule has 6 nitrogen and oxygen atoms in total. The fourth-order valence-corrected chi connectivity index (χ4v) is 3.89. The zero-order valence-electron chi connectivity index (χ0n) is 15.1. The molecule has 0 saturated heterocycles. The van der Waals surface area contributed by atoms with Gasteiger partial charge < -0.3 is 0 Å². The number of thiazole rings is 1. The van der Waals surface area contributed by atoms with Crippen LogP contribution in [-0.2, 0) is 0 Å². The van der Waals surface area contributed by atoms with Gasteiger partial charge in [-0.1, -0.05) is 23.5 Å². The van der Waals surface area contributed by atoms with Crippen LogP contribution >= 0.6 is 11.3 Å². The van der Waals surface area contributed by atoms with Crippen LogP contribution in [0.4, 0.5) is 5.13 Å². The van der Waals surface area contributed by atoms with E-state index in [0.29, 0.717) is 10.7 Å². The third-order valence-corrected chi connectivity index (χ3v) is 5.40. The van der Waals surface area contributed by atoms with Crippen molar-refractivity contribution in [2.75, 3.05) is 11.9 Å². The number of aromatic nitrogens is 4. The Balaban J connectivity index is 1.80. The number of carbonyl (C=O) groups is 1. The summed E-state index contributed by atoms with van der Waals surface area (Å²) in [5, 5.41) is 5.86. The van der Waals surface area contributed by atoms with Crippen molar-refractivity contribution in [3.8, 4) is 0 Å². The van der Waals surface area contributed by atoms with Crippen molar-refractivity contribution in [1.82, 2.24) is 19.7 Å². The van der Waals surface area contributed by atoms with Gasteiger partial charge in [-0.3, -0.25) is 9.69 Å². The highest BCUT2D eigenvalue weighted by Crippen LogP contribution is 2.30. The van der Waals surface area contributed by atoms with Gasteiger partial charge in [-0.25, -0.2) is 14.6 Å². The molecule has 0 N–H and O–H groups in total. The first kappa shape index (κ1) is 16.7. The number of para-hydroxylation sites is 1. The van der Waals surface area contributed by atoms with E-state index < -0.39 is 0 Å². The molecule has 0 unspecified atom stereocenters. The second kappa shape index (κ2) is 6.17. The minimum atomic E-state index is -0.108. The fraction of sp³-hybridized carbons (Fsp3) is 0.263. The quantitative estimate of drug-likeness (QED) is 0.546. The Labute approximate surface area is 155 Å². The van der Waals surface area contributed by atoms with E-state index >= 15 is 0 Å². The zero-order chi connectivity index (χ0) is 18.4. The van der Waals surface area contributed by atoms with E-state index in [2.05, 4.69) is 15.1 Å². The summed E-state index contributed by atoms with van der Waals surface area (Å²) in [4.78, 5) is 24.0. The van der Waals surface area contributed by atoms with Crippen molar-refractivity contribution < 1.29 is 4.79 Å². The molecule has 132 valence electrons. The van der Waals surface area contributed by atoms with Gasteiger partial charge in [0.15, 0.2) is 10.8 Å². The van der Waals surface area contributed by atoms with Crippen molar-refractivity contribution >= 4 is 43.6 Å². The maximum absolute atomic E-state index is 13.2. The molecule has 0 spiro atoms. The van der Waals surface area contributed by atoms with Crippen LogP contribution in [0, 0.1) is 6.92 Å². The molecular weight excluding hydrogens is 346 g/mol. The lowest BCUT2D eigenvalue weighted by molar-refractivity contribution is 0.0994. The van der Waals surface area contributed by atoms with Crippen LogP contribution in [0.3, 0.4) is 0 Å². The van der Waals surface area contributed by atoms with Gasteiger partial charge in [0.25, 0.3) is 5.91 Å². The van der Waals surface area contributed by atoms with Crippen LogP contribution in [0.5, 0.6) is 0 Å². The topological polar surface area (TPSA) is 63.9 Å². The van der Waals surface area contributed by atoms with Crippen LogP contribution in [-0.4, -0.2) is 32.7 Å². The van der Waals surface area contributed by atoms with Gasteiger partial charge in [-0.05, 0) is 39.0 Å². The average Bonchev–Trinajstić information content (AvgIpc) is 3.23. The van der Waals surface area contributed by atoms with E-state index in [1.54, 1.807) is 18.1 Å². The van der Waals surface area contributed by atoms with Crippen molar-refractivity contribution in [2.24, 2.45) is 0 Å². The summed E-state index contributed by atoms with van der Waals surface area (Å²) in [5.41, 5.74) is 3.03. The normalized spacial score (nSPS) is 11.6. The Kier molecular flexibility index (Phi) is 3.96. The molecule has 3 aromatic heterocycles. The number of anilines is 1. The molecule has 3 heterocycles. The fourth-order valence-electron chi connectivity index (χ4n) is 2.97. The number of carbonyl (C=O) groups excluding carboxylic acids is 1. The number of benzene rings is 1. The Bertz CT molecular complexity index is 1090. The number of amides is 1. The van der Waals surface area contributed by atoms with Crippen molar-refractivity contribution in [2.45, 2.75) is 26.8 Å². The van der Waals surface area contributed by atoms with Gasteiger partial charge >= 0.3 is 0 Å². The highest BCUT2D eigenvalue weighted by Gasteiger charge is 2.22. The SMILES string of the molecule is Cc1cc(C(=O)N(C)c2nc3ccccc3s2)c2cnn(C(C)C)c2n1. The van der Waals surface area contributed by atoms with E-state index in [4.69, 9.17) is 0 Å². The smallest absolute Gasteiger partial charge is 0.260 e. The summed E-state index contributed by atoms with van der Waals surface area (Å²) in [7, 11) is 1.76. The van der Waals surface area contributed by atoms with E-state index in [-0.39, 0.29) is 11.9 Å². The van der Waals surface area contributed by atoms with Crippen LogP contribution in [0.15, 0.2) is 36.5 Å². The summed E-state index contributed by atoms with van der Waals surface area (Å²) in [6.07, 6.45) is 1.72. The predicted molar refractivity (Wildman–Crippen MR) is 105 cm³/mol. The van der Waals surface area contributed by atoms with Crippen LogP contribution in [0.1, 0.15) is 35.9 Å². The predicted octanol–water partition coefficient (Wildman–Crippen LogP) is 4.21. The van der Waals surface area contributed by atoms with Gasteiger partial charge in [0.2, 0.25) is 0 Å². The standard InChI is InChI=1S/C19H19N5OS/c1-11(2)24-17-14(10-20-24)13(9-12(3)21-17)18(25)23(4)19-22-15-7-5-6-8-16(15)26-19/h5-11H,1-4H3. The Morgan fingerprint density at radius 2 is 2.00 bits per heavy atom. The summed E-state index contributed by atoms with van der Waals surface area (Å²) >= 11 is 1.51. The highest BCUT2D eigenvalue weighted by molar-refractivity contribution is 7.22. The van der Waals surface area contributed by atoms with Crippen molar-refractivity contribution in [1.29, 1.82) is 0 Å². The monoisotopic (exact) mass is 365 g/mol. The summed E-state index contributed by atoms with van der Waals surface area (Å²) in [5.74, 6) is -0.108. The molecule has 0 fully saturated rings. The molecule has 0 aliphatic rings. The van der Waals surface area contributed by atoms with E-state index in [1.165, 1.54) is 11.3 Å². The second-order valence-electron chi connectivity index (χ2n) is 6.56. The molecule has 1 amide bonds. The summed E-state index contributed by atoms with van der Waals surface area (Å²) in [6.45, 7) is 5.99. The van der Waals surface area contributed by atoms with E-state index in [0.717, 1.165) is 26.9 Å². The van der Waals surface area contributed by atoms with Crippen LogP contribution in [0.2, 0.25) is 0 Å². The molecule has 7 heteroatoms. The third-order valence-electron chi connectivity index (χ3n) is 4.29. The summed E-state index contributed by atoms with van der Waals surface area (Å²) in [6, 6.07) is 9.88. The average molecular weight is 365 g/mol. The van der Waals surface area contributed by atoms with Crippen molar-refractivity contribution in [3.05, 3.63) is 47.8 Å². The largest absolute Gasteiger partial charge is 0.287 e. The number of pyridine rings is 1. The Morgan fingerprint density at radius 3 is 2.73 bits per heavy atom. The van der Waals surface area contributed by atoms with Crippen molar-refractivity contribution in [3.63, 3.8) is 0 Å². The molecule has 0 aliphatic carbocycles. The first-order chi connectivity index (χ1) is 12.5. The Morgan fingerprint density at radius 1 is 1.23 bits per heavy atom. The first-order valence-corrected chi connectivity index (χ1v) is 9.26. The number of fused-ring (bicyclic) bond motifs is 2. The van der Waals surface area contributed by atoms with Gasteiger partial charge in [0, 0.05) is 18.8 Å². The molecule has 0 bridgehead atoms. The Hall–Kier alpha value is -2.80.